The van der Waals surface area contributed by atoms with Gasteiger partial charge in [-0.25, -0.2) is 4.98 Å². The van der Waals surface area contributed by atoms with Crippen LogP contribution in [0, 0.1) is 0 Å². The Kier molecular flexibility index (Phi) is 7.77. The Labute approximate surface area is 237 Å². The average molecular weight is 538 g/mol. The fourth-order valence-corrected chi connectivity index (χ4v) is 6.11. The summed E-state index contributed by atoms with van der Waals surface area (Å²) in [6, 6.07) is 12.3. The molecule has 5 heterocycles. The molecule has 2 aromatic heterocycles. The van der Waals surface area contributed by atoms with Gasteiger partial charge in [0.15, 0.2) is 0 Å². The summed E-state index contributed by atoms with van der Waals surface area (Å²) in [6.07, 6.45) is 10.6. The van der Waals surface area contributed by atoms with Crippen LogP contribution in [0.2, 0.25) is 0 Å². The molecule has 0 radical (unpaired) electrons. The van der Waals surface area contributed by atoms with Gasteiger partial charge in [-0.3, -0.25) is 19.7 Å². The van der Waals surface area contributed by atoms with Gasteiger partial charge in [-0.1, -0.05) is 19.1 Å². The fourth-order valence-electron chi connectivity index (χ4n) is 6.11. The van der Waals surface area contributed by atoms with Crippen molar-refractivity contribution in [3.8, 4) is 11.1 Å². The lowest BCUT2D eigenvalue weighted by Crippen LogP contribution is -2.46. The Morgan fingerprint density at radius 3 is 2.55 bits per heavy atom. The van der Waals surface area contributed by atoms with Crippen LogP contribution in [0.25, 0.3) is 11.1 Å². The number of pyridine rings is 2. The predicted octanol–water partition coefficient (Wildman–Crippen LogP) is 5.17. The van der Waals surface area contributed by atoms with E-state index in [1.807, 2.05) is 31.5 Å². The maximum atomic E-state index is 13.5. The minimum absolute atomic E-state index is 0.0602. The molecule has 8 nitrogen and oxygen atoms in total. The van der Waals surface area contributed by atoms with Crippen LogP contribution in [0.15, 0.2) is 60.0 Å². The van der Waals surface area contributed by atoms with Crippen molar-refractivity contribution in [1.29, 1.82) is 0 Å². The summed E-state index contributed by atoms with van der Waals surface area (Å²) in [4.78, 5) is 34.6. The van der Waals surface area contributed by atoms with Crippen molar-refractivity contribution < 1.29 is 4.79 Å². The Morgan fingerprint density at radius 1 is 0.925 bits per heavy atom. The lowest BCUT2D eigenvalue weighted by Gasteiger charge is -2.35. The van der Waals surface area contributed by atoms with Crippen molar-refractivity contribution in [3.63, 3.8) is 0 Å². The molecule has 3 aliphatic rings. The van der Waals surface area contributed by atoms with E-state index in [-0.39, 0.29) is 11.9 Å². The number of aliphatic imine (C=N–C) groups is 1. The third kappa shape index (κ3) is 5.59. The molecular formula is C32H39N7O. The highest BCUT2D eigenvalue weighted by Gasteiger charge is 2.28. The zero-order valence-electron chi connectivity index (χ0n) is 23.6. The predicted molar refractivity (Wildman–Crippen MR) is 162 cm³/mol. The highest BCUT2D eigenvalue weighted by molar-refractivity contribution is 6.50. The number of nitrogens with zero attached hydrogens (tertiary/aromatic N) is 6. The maximum absolute atomic E-state index is 13.5. The van der Waals surface area contributed by atoms with E-state index in [0.29, 0.717) is 5.71 Å². The van der Waals surface area contributed by atoms with Gasteiger partial charge in [-0.2, -0.15) is 0 Å². The number of piperazine rings is 1. The first-order valence-corrected chi connectivity index (χ1v) is 14.8. The molecule has 1 N–H and O–H groups in total. The number of amides is 1. The molecule has 8 heteroatoms. The van der Waals surface area contributed by atoms with E-state index < -0.39 is 0 Å². The van der Waals surface area contributed by atoms with Gasteiger partial charge in [0.25, 0.3) is 5.91 Å². The molecule has 208 valence electrons. The van der Waals surface area contributed by atoms with Crippen molar-refractivity contribution in [2.45, 2.75) is 45.6 Å². The molecule has 0 aliphatic carbocycles. The number of hydrogen-bond donors (Lipinski definition) is 1. The summed E-state index contributed by atoms with van der Waals surface area (Å²) in [5.41, 5.74) is 6.47. The van der Waals surface area contributed by atoms with Gasteiger partial charge in [0.1, 0.15) is 11.5 Å². The van der Waals surface area contributed by atoms with Crippen molar-refractivity contribution in [1.82, 2.24) is 14.9 Å². The van der Waals surface area contributed by atoms with Gasteiger partial charge >= 0.3 is 0 Å². The molecule has 2 fully saturated rings. The van der Waals surface area contributed by atoms with Crippen LogP contribution < -0.4 is 15.1 Å². The smallest absolute Gasteiger partial charge is 0.274 e. The molecule has 6 rings (SSSR count). The number of hydrogen-bond acceptors (Lipinski definition) is 7. The summed E-state index contributed by atoms with van der Waals surface area (Å²) >= 11 is 0. The fraction of sp³-hybridized carbons (Fsp3) is 0.438. The summed E-state index contributed by atoms with van der Waals surface area (Å²) in [7, 11) is 0. The Morgan fingerprint density at radius 2 is 1.75 bits per heavy atom. The van der Waals surface area contributed by atoms with E-state index in [2.05, 4.69) is 61.2 Å². The SMILES string of the molecule is CCCN1CCN(c2cc(NC(=O)C3=N[C@@H](C)c4ccc(-c5cncc(N6CCCCC6)c5)cc43)ccn2)CC1. The number of piperidine rings is 1. The maximum Gasteiger partial charge on any atom is 0.274 e. The zero-order chi connectivity index (χ0) is 27.5. The molecule has 0 saturated carbocycles. The number of nitrogens with one attached hydrogen (secondary N) is 1. The monoisotopic (exact) mass is 537 g/mol. The van der Waals surface area contributed by atoms with Gasteiger partial charge in [-0.15, -0.1) is 0 Å². The lowest BCUT2D eigenvalue weighted by atomic mass is 9.96. The number of rotatable bonds is 7. The minimum Gasteiger partial charge on any atom is -0.370 e. The van der Waals surface area contributed by atoms with Crippen LogP contribution in [0.3, 0.4) is 0 Å². The molecule has 40 heavy (non-hydrogen) atoms. The van der Waals surface area contributed by atoms with Crippen molar-refractivity contribution in [2.75, 3.05) is 60.9 Å². The number of aromatic nitrogens is 2. The van der Waals surface area contributed by atoms with Crippen LogP contribution in [0.5, 0.6) is 0 Å². The Balaban J connectivity index is 1.19. The van der Waals surface area contributed by atoms with E-state index in [1.54, 1.807) is 6.20 Å². The lowest BCUT2D eigenvalue weighted by molar-refractivity contribution is -0.110. The van der Waals surface area contributed by atoms with Crippen molar-refractivity contribution >= 4 is 28.8 Å². The molecular weight excluding hydrogens is 498 g/mol. The van der Waals surface area contributed by atoms with Gasteiger partial charge in [0.05, 0.1) is 17.9 Å². The van der Waals surface area contributed by atoms with E-state index in [4.69, 9.17) is 4.99 Å². The molecule has 0 unspecified atom stereocenters. The standard InChI is InChI=1S/C32H39N7O/c1-3-11-37-14-16-39(17-15-37)30-20-26(9-10-34-30)36-32(40)31-29-19-24(7-8-28(29)23(2)35-31)25-18-27(22-33-21-25)38-12-5-4-6-13-38/h7-10,18-23H,3-6,11-17H2,1-2H3,(H,34,36,40)/t23-/m0/s1. The summed E-state index contributed by atoms with van der Waals surface area (Å²) in [6.45, 7) is 11.5. The molecule has 3 aromatic rings. The number of benzene rings is 1. The van der Waals surface area contributed by atoms with Crippen LogP contribution in [-0.2, 0) is 4.79 Å². The molecule has 3 aliphatic heterocycles. The van der Waals surface area contributed by atoms with Gasteiger partial charge in [0.2, 0.25) is 0 Å². The van der Waals surface area contributed by atoms with Crippen LogP contribution in [-0.4, -0.2) is 72.3 Å². The first kappa shape index (κ1) is 26.4. The summed E-state index contributed by atoms with van der Waals surface area (Å²) in [5, 5.41) is 3.10. The quantitative estimate of drug-likeness (QED) is 0.448. The number of fused-ring (bicyclic) bond motifs is 1. The topological polar surface area (TPSA) is 77.0 Å². The van der Waals surface area contributed by atoms with E-state index in [0.717, 1.165) is 85.3 Å². The van der Waals surface area contributed by atoms with Crippen LogP contribution in [0.1, 0.15) is 56.7 Å². The second kappa shape index (κ2) is 11.8. The van der Waals surface area contributed by atoms with E-state index >= 15 is 0 Å². The normalized spacial score (nSPS) is 19.4. The minimum atomic E-state index is -0.187. The van der Waals surface area contributed by atoms with Crippen molar-refractivity contribution in [2.24, 2.45) is 4.99 Å². The molecule has 2 saturated heterocycles. The van der Waals surface area contributed by atoms with Crippen LogP contribution in [0.4, 0.5) is 17.2 Å². The van der Waals surface area contributed by atoms with Gasteiger partial charge < -0.3 is 15.1 Å². The number of carbonyl (C=O) groups excluding carboxylic acids is 1. The van der Waals surface area contributed by atoms with E-state index in [1.165, 1.54) is 25.7 Å². The van der Waals surface area contributed by atoms with Gasteiger partial charge in [-0.05, 0) is 68.5 Å². The highest BCUT2D eigenvalue weighted by atomic mass is 16.1. The summed E-state index contributed by atoms with van der Waals surface area (Å²) in [5.74, 6) is 0.715. The molecule has 0 spiro atoms. The van der Waals surface area contributed by atoms with E-state index in [9.17, 15) is 4.79 Å². The molecule has 1 aromatic carbocycles. The Hall–Kier alpha value is -3.78. The summed E-state index contributed by atoms with van der Waals surface area (Å²) < 4.78 is 0. The first-order valence-electron chi connectivity index (χ1n) is 14.8. The highest BCUT2D eigenvalue weighted by Crippen LogP contribution is 2.34. The Bertz CT molecular complexity index is 1390. The third-order valence-corrected chi connectivity index (χ3v) is 8.31. The first-order chi connectivity index (χ1) is 19.6. The number of carbonyl (C=O) groups is 1. The molecule has 1 amide bonds. The largest absolute Gasteiger partial charge is 0.370 e. The molecule has 0 bridgehead atoms. The number of anilines is 3. The third-order valence-electron chi connectivity index (χ3n) is 8.31. The van der Waals surface area contributed by atoms with Crippen molar-refractivity contribution in [3.05, 3.63) is 66.1 Å². The second-order valence-corrected chi connectivity index (χ2v) is 11.1. The van der Waals surface area contributed by atoms with Gasteiger partial charge in [0, 0.05) is 74.5 Å². The molecule has 1 atom stereocenters. The second-order valence-electron chi connectivity index (χ2n) is 11.1. The average Bonchev–Trinajstić information content (AvgIpc) is 3.34. The van der Waals surface area contributed by atoms with Crippen LogP contribution >= 0.6 is 0 Å². The zero-order valence-corrected chi connectivity index (χ0v) is 23.6.